The van der Waals surface area contributed by atoms with Crippen molar-refractivity contribution < 1.29 is 8.78 Å². The Hall–Kier alpha value is -1.46. The molecule has 1 unspecified atom stereocenters. The normalized spacial score (nSPS) is 12.2. The van der Waals surface area contributed by atoms with Crippen molar-refractivity contribution in [2.75, 3.05) is 11.9 Å². The number of hydrogen-bond acceptors (Lipinski definition) is 2. The van der Waals surface area contributed by atoms with Gasteiger partial charge in [-0.3, -0.25) is 0 Å². The predicted molar refractivity (Wildman–Crippen MR) is 80.7 cm³/mol. The number of halogens is 3. The van der Waals surface area contributed by atoms with E-state index in [4.69, 9.17) is 5.73 Å². The quantitative estimate of drug-likeness (QED) is 0.877. The first kappa shape index (κ1) is 14.9. The highest BCUT2D eigenvalue weighted by atomic mass is 79.9. The van der Waals surface area contributed by atoms with Crippen molar-refractivity contribution >= 4 is 21.6 Å². The van der Waals surface area contributed by atoms with Crippen molar-refractivity contribution in [2.24, 2.45) is 5.73 Å². The molecule has 0 saturated heterocycles. The average Bonchev–Trinajstić information content (AvgIpc) is 2.40. The van der Waals surface area contributed by atoms with Crippen LogP contribution in [0.25, 0.3) is 0 Å². The topological polar surface area (TPSA) is 38.0 Å². The minimum atomic E-state index is -0.600. The van der Waals surface area contributed by atoms with Gasteiger partial charge in [-0.05, 0) is 46.6 Å². The lowest BCUT2D eigenvalue weighted by Crippen LogP contribution is -2.22. The summed E-state index contributed by atoms with van der Waals surface area (Å²) in [6.45, 7) is 2.16. The number of benzene rings is 2. The Morgan fingerprint density at radius 2 is 1.95 bits per heavy atom. The molecular weight excluding hydrogens is 326 g/mol. The van der Waals surface area contributed by atoms with Crippen LogP contribution in [0.5, 0.6) is 0 Å². The monoisotopic (exact) mass is 340 g/mol. The second kappa shape index (κ2) is 6.33. The number of anilines is 1. The maximum absolute atomic E-state index is 13.8. The summed E-state index contributed by atoms with van der Waals surface area (Å²) in [6, 6.07) is 8.90. The minimum Gasteiger partial charge on any atom is -0.376 e. The number of rotatable bonds is 4. The van der Waals surface area contributed by atoms with Crippen LogP contribution in [0.4, 0.5) is 14.5 Å². The molecule has 0 heterocycles. The van der Waals surface area contributed by atoms with Crippen LogP contribution in [0.15, 0.2) is 40.9 Å². The lowest BCUT2D eigenvalue weighted by Gasteiger charge is -2.20. The van der Waals surface area contributed by atoms with Gasteiger partial charge in [-0.2, -0.15) is 0 Å². The van der Waals surface area contributed by atoms with E-state index in [0.717, 1.165) is 21.8 Å². The number of nitrogens with two attached hydrogens (primary N) is 1. The summed E-state index contributed by atoms with van der Waals surface area (Å²) in [6.07, 6.45) is 0. The van der Waals surface area contributed by atoms with Crippen molar-refractivity contribution in [3.63, 3.8) is 0 Å². The summed E-state index contributed by atoms with van der Waals surface area (Å²) in [5.41, 5.74) is 7.96. The van der Waals surface area contributed by atoms with Crippen LogP contribution in [-0.2, 0) is 0 Å². The summed E-state index contributed by atoms with van der Waals surface area (Å²) in [5, 5.41) is 3.18. The standard InChI is InChI=1S/C15H15BrF2N2/c1-9-2-5-12(16)14(6-9)20-15(8-19)11-4-3-10(17)7-13(11)18/h2-7,15,20H,8,19H2,1H3. The number of aryl methyl sites for hydroxylation is 1. The van der Waals surface area contributed by atoms with E-state index in [2.05, 4.69) is 21.2 Å². The zero-order valence-electron chi connectivity index (χ0n) is 11.0. The van der Waals surface area contributed by atoms with Gasteiger partial charge in [0.25, 0.3) is 0 Å². The predicted octanol–water partition coefficient (Wildman–Crippen LogP) is 4.15. The Kier molecular flexibility index (Phi) is 4.73. The summed E-state index contributed by atoms with van der Waals surface area (Å²) in [5.74, 6) is -1.20. The fraction of sp³-hybridized carbons (Fsp3) is 0.200. The molecule has 3 N–H and O–H groups in total. The van der Waals surface area contributed by atoms with Gasteiger partial charge in [-0.25, -0.2) is 8.78 Å². The van der Waals surface area contributed by atoms with Crippen LogP contribution in [0, 0.1) is 18.6 Å². The van der Waals surface area contributed by atoms with Gasteiger partial charge in [0.05, 0.1) is 6.04 Å². The van der Waals surface area contributed by atoms with Gasteiger partial charge in [0.2, 0.25) is 0 Å². The molecule has 106 valence electrons. The lowest BCUT2D eigenvalue weighted by molar-refractivity contribution is 0.562. The van der Waals surface area contributed by atoms with Gasteiger partial charge in [-0.1, -0.05) is 12.1 Å². The molecule has 0 aliphatic heterocycles. The molecule has 0 aliphatic carbocycles. The fourth-order valence-corrected chi connectivity index (χ4v) is 2.35. The molecule has 20 heavy (non-hydrogen) atoms. The van der Waals surface area contributed by atoms with Gasteiger partial charge in [0.15, 0.2) is 0 Å². The van der Waals surface area contributed by atoms with E-state index in [-0.39, 0.29) is 6.54 Å². The van der Waals surface area contributed by atoms with Crippen LogP contribution < -0.4 is 11.1 Å². The number of nitrogens with one attached hydrogen (secondary N) is 1. The van der Waals surface area contributed by atoms with Crippen LogP contribution in [-0.4, -0.2) is 6.54 Å². The maximum Gasteiger partial charge on any atom is 0.131 e. The molecule has 2 nitrogen and oxygen atoms in total. The Morgan fingerprint density at radius 1 is 1.20 bits per heavy atom. The third-order valence-corrected chi connectivity index (χ3v) is 3.72. The van der Waals surface area contributed by atoms with Gasteiger partial charge in [0.1, 0.15) is 11.6 Å². The SMILES string of the molecule is Cc1ccc(Br)c(NC(CN)c2ccc(F)cc2F)c1. The van der Waals surface area contributed by atoms with E-state index in [9.17, 15) is 8.78 Å². The van der Waals surface area contributed by atoms with Gasteiger partial charge in [0, 0.05) is 28.3 Å². The molecule has 0 saturated carbocycles. The Labute approximate surface area is 125 Å². The minimum absolute atomic E-state index is 0.197. The van der Waals surface area contributed by atoms with Gasteiger partial charge in [-0.15, -0.1) is 0 Å². The first-order valence-corrected chi connectivity index (χ1v) is 6.98. The Morgan fingerprint density at radius 3 is 2.60 bits per heavy atom. The molecule has 0 fully saturated rings. The molecule has 2 aromatic rings. The molecule has 5 heteroatoms. The summed E-state index contributed by atoms with van der Waals surface area (Å²) in [4.78, 5) is 0. The lowest BCUT2D eigenvalue weighted by atomic mass is 10.1. The molecule has 0 spiro atoms. The van der Waals surface area contributed by atoms with E-state index >= 15 is 0 Å². The van der Waals surface area contributed by atoms with E-state index in [1.807, 2.05) is 25.1 Å². The zero-order chi connectivity index (χ0) is 14.7. The molecule has 0 radical (unpaired) electrons. The van der Waals surface area contributed by atoms with Crippen molar-refractivity contribution in [3.05, 3.63) is 63.6 Å². The first-order valence-electron chi connectivity index (χ1n) is 6.19. The summed E-state index contributed by atoms with van der Waals surface area (Å²) in [7, 11) is 0. The highest BCUT2D eigenvalue weighted by molar-refractivity contribution is 9.10. The van der Waals surface area contributed by atoms with Crippen LogP contribution in [0.2, 0.25) is 0 Å². The molecule has 2 rings (SSSR count). The molecular formula is C15H15BrF2N2. The van der Waals surface area contributed by atoms with E-state index in [0.29, 0.717) is 5.56 Å². The van der Waals surface area contributed by atoms with Gasteiger partial charge < -0.3 is 11.1 Å². The fourth-order valence-electron chi connectivity index (χ4n) is 1.99. The zero-order valence-corrected chi connectivity index (χ0v) is 12.5. The van der Waals surface area contributed by atoms with Crippen molar-refractivity contribution in [2.45, 2.75) is 13.0 Å². The van der Waals surface area contributed by atoms with Crippen molar-refractivity contribution in [3.8, 4) is 0 Å². The molecule has 0 aliphatic rings. The van der Waals surface area contributed by atoms with Crippen LogP contribution in [0.1, 0.15) is 17.2 Å². The third kappa shape index (κ3) is 3.35. The molecule has 0 aromatic heterocycles. The maximum atomic E-state index is 13.8. The molecule has 0 bridgehead atoms. The van der Waals surface area contributed by atoms with Crippen molar-refractivity contribution in [1.29, 1.82) is 0 Å². The third-order valence-electron chi connectivity index (χ3n) is 3.03. The molecule has 1 atom stereocenters. The molecule has 0 amide bonds. The van der Waals surface area contributed by atoms with E-state index < -0.39 is 17.7 Å². The molecule has 2 aromatic carbocycles. The Balaban J connectivity index is 2.31. The highest BCUT2D eigenvalue weighted by Gasteiger charge is 2.16. The summed E-state index contributed by atoms with van der Waals surface area (Å²) < 4.78 is 27.6. The van der Waals surface area contributed by atoms with Crippen LogP contribution in [0.3, 0.4) is 0 Å². The first-order chi connectivity index (χ1) is 9.51. The van der Waals surface area contributed by atoms with Gasteiger partial charge >= 0.3 is 0 Å². The second-order valence-electron chi connectivity index (χ2n) is 4.58. The van der Waals surface area contributed by atoms with Crippen molar-refractivity contribution in [1.82, 2.24) is 0 Å². The highest BCUT2D eigenvalue weighted by Crippen LogP contribution is 2.28. The summed E-state index contributed by atoms with van der Waals surface area (Å²) >= 11 is 3.43. The van der Waals surface area contributed by atoms with E-state index in [1.165, 1.54) is 12.1 Å². The second-order valence-corrected chi connectivity index (χ2v) is 5.44. The smallest absolute Gasteiger partial charge is 0.131 e. The van der Waals surface area contributed by atoms with E-state index in [1.54, 1.807) is 0 Å². The Bertz CT molecular complexity index is 617. The largest absolute Gasteiger partial charge is 0.376 e. The number of hydrogen-bond donors (Lipinski definition) is 2. The average molecular weight is 341 g/mol. The van der Waals surface area contributed by atoms with Crippen LogP contribution >= 0.6 is 15.9 Å².